The van der Waals surface area contributed by atoms with E-state index < -0.39 is 42.6 Å². The summed E-state index contributed by atoms with van der Waals surface area (Å²) in [4.78, 5) is 32.5. The maximum absolute atomic E-state index is 13.2. The van der Waals surface area contributed by atoms with Crippen LogP contribution in [0.3, 0.4) is 0 Å². The van der Waals surface area contributed by atoms with Crippen molar-refractivity contribution in [1.29, 1.82) is 0 Å². The van der Waals surface area contributed by atoms with Crippen molar-refractivity contribution in [3.63, 3.8) is 0 Å². The van der Waals surface area contributed by atoms with Crippen molar-refractivity contribution in [1.82, 2.24) is 10.6 Å². The molecule has 4 N–H and O–H groups in total. The molecule has 108 valence electrons. The van der Waals surface area contributed by atoms with Gasteiger partial charge in [-0.05, 0) is 12.1 Å². The number of carbonyl (C=O) groups is 3. The van der Waals surface area contributed by atoms with E-state index in [0.717, 1.165) is 12.1 Å². The monoisotopic (exact) mass is 287 g/mol. The van der Waals surface area contributed by atoms with Crippen LogP contribution in [0.15, 0.2) is 18.2 Å². The predicted molar refractivity (Wildman–Crippen MR) is 64.0 cm³/mol. The minimum atomic E-state index is -1.23. The summed E-state index contributed by atoms with van der Waals surface area (Å²) >= 11 is 0. The molecule has 20 heavy (non-hydrogen) atoms. The minimum Gasteiger partial charge on any atom is -0.480 e. The molecular weight excluding hydrogens is 276 g/mol. The highest BCUT2D eigenvalue weighted by atomic mass is 19.2. The van der Waals surface area contributed by atoms with Gasteiger partial charge >= 0.3 is 12.0 Å². The molecule has 0 unspecified atom stereocenters. The van der Waals surface area contributed by atoms with Gasteiger partial charge in [-0.2, -0.15) is 0 Å². The Morgan fingerprint density at radius 1 is 1.10 bits per heavy atom. The van der Waals surface area contributed by atoms with Gasteiger partial charge in [0.15, 0.2) is 11.6 Å². The number of carboxylic acids is 1. The van der Waals surface area contributed by atoms with Gasteiger partial charge in [0.2, 0.25) is 5.91 Å². The van der Waals surface area contributed by atoms with Crippen molar-refractivity contribution >= 4 is 23.6 Å². The van der Waals surface area contributed by atoms with Gasteiger partial charge in [0.25, 0.3) is 0 Å². The number of halogens is 2. The number of hydrogen-bond donors (Lipinski definition) is 4. The first-order valence-corrected chi connectivity index (χ1v) is 5.37. The van der Waals surface area contributed by atoms with Crippen LogP contribution in [0.2, 0.25) is 0 Å². The van der Waals surface area contributed by atoms with Gasteiger partial charge in [-0.3, -0.25) is 9.59 Å². The first kappa shape index (κ1) is 15.3. The van der Waals surface area contributed by atoms with Gasteiger partial charge in [0, 0.05) is 0 Å². The molecule has 0 heterocycles. The second-order valence-corrected chi connectivity index (χ2v) is 3.58. The third-order valence-electron chi connectivity index (χ3n) is 2.05. The second kappa shape index (κ2) is 7.02. The number of hydrogen-bond acceptors (Lipinski definition) is 3. The van der Waals surface area contributed by atoms with Crippen molar-refractivity contribution < 1.29 is 28.3 Å². The fourth-order valence-corrected chi connectivity index (χ4v) is 1.16. The van der Waals surface area contributed by atoms with Gasteiger partial charge in [0.1, 0.15) is 6.54 Å². The Morgan fingerprint density at radius 3 is 2.45 bits per heavy atom. The Hall–Kier alpha value is -2.71. The second-order valence-electron chi connectivity index (χ2n) is 3.58. The highest BCUT2D eigenvalue weighted by Gasteiger charge is 2.11. The van der Waals surface area contributed by atoms with E-state index in [1.54, 1.807) is 0 Å². The van der Waals surface area contributed by atoms with Crippen LogP contribution in [0.4, 0.5) is 19.3 Å². The van der Waals surface area contributed by atoms with Crippen molar-refractivity contribution in [2.24, 2.45) is 0 Å². The summed E-state index contributed by atoms with van der Waals surface area (Å²) in [6.45, 7) is -1.09. The largest absolute Gasteiger partial charge is 0.480 e. The van der Waals surface area contributed by atoms with Crippen LogP contribution in [0.25, 0.3) is 0 Å². The molecule has 0 aliphatic rings. The Morgan fingerprint density at radius 2 is 1.80 bits per heavy atom. The first-order chi connectivity index (χ1) is 9.40. The van der Waals surface area contributed by atoms with E-state index in [1.165, 1.54) is 6.07 Å². The predicted octanol–water partition coefficient (Wildman–Crippen LogP) is 0.287. The molecule has 0 saturated carbocycles. The quantitative estimate of drug-likeness (QED) is 0.624. The molecule has 0 aromatic heterocycles. The molecule has 1 aromatic carbocycles. The fraction of sp³-hybridized carbons (Fsp3) is 0.182. The van der Waals surface area contributed by atoms with Crippen LogP contribution in [0, 0.1) is 11.6 Å². The van der Waals surface area contributed by atoms with E-state index in [4.69, 9.17) is 5.11 Å². The lowest BCUT2D eigenvalue weighted by Gasteiger charge is -2.08. The Bertz CT molecular complexity index is 536. The van der Waals surface area contributed by atoms with Crippen LogP contribution in [-0.2, 0) is 9.59 Å². The molecule has 0 fully saturated rings. The fourth-order valence-electron chi connectivity index (χ4n) is 1.16. The number of carbonyl (C=O) groups excluding carboxylic acids is 2. The normalized spacial score (nSPS) is 9.70. The molecule has 0 radical (unpaired) electrons. The highest BCUT2D eigenvalue weighted by Crippen LogP contribution is 2.15. The van der Waals surface area contributed by atoms with E-state index in [-0.39, 0.29) is 5.69 Å². The molecule has 0 saturated heterocycles. The van der Waals surface area contributed by atoms with Gasteiger partial charge in [-0.1, -0.05) is 6.07 Å². The SMILES string of the molecule is O=C(O)CNC(=O)CNC(=O)Nc1cccc(F)c1F. The van der Waals surface area contributed by atoms with Gasteiger partial charge in [-0.25, -0.2) is 13.6 Å². The number of urea groups is 1. The molecule has 1 rings (SSSR count). The maximum atomic E-state index is 13.2. The van der Waals surface area contributed by atoms with Crippen LogP contribution in [0.5, 0.6) is 0 Å². The molecular formula is C11H11F2N3O4. The molecule has 9 heteroatoms. The summed E-state index contributed by atoms with van der Waals surface area (Å²) in [6.07, 6.45) is 0. The highest BCUT2D eigenvalue weighted by molar-refractivity contribution is 5.92. The molecule has 3 amide bonds. The summed E-state index contributed by atoms with van der Waals surface area (Å²) in [5, 5.41) is 14.4. The average molecular weight is 287 g/mol. The molecule has 1 aromatic rings. The number of rotatable bonds is 5. The third-order valence-corrected chi connectivity index (χ3v) is 2.05. The van der Waals surface area contributed by atoms with E-state index in [9.17, 15) is 23.2 Å². The number of aliphatic carboxylic acids is 1. The van der Waals surface area contributed by atoms with E-state index in [0.29, 0.717) is 0 Å². The summed E-state index contributed by atoms with van der Waals surface area (Å²) in [6, 6.07) is 2.30. The van der Waals surface area contributed by atoms with Crippen molar-refractivity contribution in [2.75, 3.05) is 18.4 Å². The zero-order chi connectivity index (χ0) is 15.1. The Labute approximate surface area is 112 Å². The molecule has 7 nitrogen and oxygen atoms in total. The third kappa shape index (κ3) is 4.88. The number of benzene rings is 1. The van der Waals surface area contributed by atoms with Crippen molar-refractivity contribution in [3.05, 3.63) is 29.8 Å². The molecule has 0 aliphatic heterocycles. The molecule has 0 spiro atoms. The summed E-state index contributed by atoms with van der Waals surface area (Å²) in [5.74, 6) is -4.31. The zero-order valence-corrected chi connectivity index (χ0v) is 10.1. The van der Waals surface area contributed by atoms with Crippen molar-refractivity contribution in [3.8, 4) is 0 Å². The molecule has 0 atom stereocenters. The van der Waals surface area contributed by atoms with Crippen LogP contribution < -0.4 is 16.0 Å². The van der Waals surface area contributed by atoms with Crippen LogP contribution in [-0.4, -0.2) is 36.1 Å². The van der Waals surface area contributed by atoms with E-state index >= 15 is 0 Å². The van der Waals surface area contributed by atoms with Crippen LogP contribution in [0.1, 0.15) is 0 Å². The number of amides is 3. The topological polar surface area (TPSA) is 108 Å². The zero-order valence-electron chi connectivity index (χ0n) is 10.1. The number of anilines is 1. The lowest BCUT2D eigenvalue weighted by Crippen LogP contribution is -2.40. The van der Waals surface area contributed by atoms with Gasteiger partial charge < -0.3 is 21.1 Å². The first-order valence-electron chi connectivity index (χ1n) is 5.37. The molecule has 0 bridgehead atoms. The van der Waals surface area contributed by atoms with Gasteiger partial charge in [-0.15, -0.1) is 0 Å². The minimum absolute atomic E-state index is 0.381. The van der Waals surface area contributed by atoms with E-state index in [2.05, 4.69) is 5.32 Å². The summed E-state index contributed by atoms with van der Waals surface area (Å²) in [5.41, 5.74) is -0.381. The summed E-state index contributed by atoms with van der Waals surface area (Å²) in [7, 11) is 0. The van der Waals surface area contributed by atoms with Gasteiger partial charge in [0.05, 0.1) is 12.2 Å². The maximum Gasteiger partial charge on any atom is 0.322 e. The lowest BCUT2D eigenvalue weighted by atomic mass is 10.3. The number of carboxylic acid groups (broad SMARTS) is 1. The molecule has 0 aliphatic carbocycles. The standard InChI is InChI=1S/C11H11F2N3O4/c12-6-2-1-3-7(10(6)13)16-11(20)15-4-8(17)14-5-9(18)19/h1-3H,4-5H2,(H,14,17)(H,18,19)(H2,15,16,20). The lowest BCUT2D eigenvalue weighted by molar-refractivity contribution is -0.137. The van der Waals surface area contributed by atoms with Crippen molar-refractivity contribution in [2.45, 2.75) is 0 Å². The Kier molecular flexibility index (Phi) is 5.39. The summed E-state index contributed by atoms with van der Waals surface area (Å²) < 4.78 is 26.1. The average Bonchev–Trinajstić information content (AvgIpc) is 2.39. The number of nitrogens with one attached hydrogen (secondary N) is 3. The Balaban J connectivity index is 2.42. The van der Waals surface area contributed by atoms with Crippen LogP contribution >= 0.6 is 0 Å². The van der Waals surface area contributed by atoms with E-state index in [1.807, 2.05) is 10.6 Å². The smallest absolute Gasteiger partial charge is 0.322 e.